The molecule has 11 heteroatoms. The number of aryl methyl sites for hydroxylation is 1. The molecule has 1 N–H and O–H groups in total. The van der Waals surface area contributed by atoms with Crippen LogP contribution in [0.2, 0.25) is 0 Å². The second kappa shape index (κ2) is 17.9. The number of rotatable bonds is 4. The quantitative estimate of drug-likeness (QED) is 0.0587. The highest BCUT2D eigenvalue weighted by atomic mass is 32.2. The number of hydrogen-bond acceptors (Lipinski definition) is 5. The molecular formula is C27H26F4NO4PS. The van der Waals surface area contributed by atoms with Gasteiger partial charge in [0.25, 0.3) is 5.69 Å². The predicted molar refractivity (Wildman–Crippen MR) is 147 cm³/mol. The Bertz CT molecular complexity index is 1320. The molecule has 0 saturated carbocycles. The van der Waals surface area contributed by atoms with Gasteiger partial charge in [-0.1, -0.05) is 41.9 Å². The fourth-order valence-corrected chi connectivity index (χ4v) is 3.44. The van der Waals surface area contributed by atoms with E-state index in [9.17, 15) is 27.7 Å². The Balaban J connectivity index is 0.00000255. The van der Waals surface area contributed by atoms with Crippen LogP contribution < -0.4 is 5.30 Å². The summed E-state index contributed by atoms with van der Waals surface area (Å²) in [4.78, 5) is 20.7. The van der Waals surface area contributed by atoms with Gasteiger partial charge in [0.2, 0.25) is 0 Å². The zero-order valence-corrected chi connectivity index (χ0v) is 23.3. The second-order valence-corrected chi connectivity index (χ2v) is 8.23. The van der Waals surface area contributed by atoms with Crippen molar-refractivity contribution in [3.8, 4) is 23.7 Å². The number of hydrogen-bond donors (Lipinski definition) is 1. The number of allylic oxidation sites excluding steroid dienone is 3. The summed E-state index contributed by atoms with van der Waals surface area (Å²) < 4.78 is 54.7. The maximum atomic E-state index is 14.0. The number of aliphatic hydroxyl groups is 1. The molecule has 2 rings (SSSR count). The van der Waals surface area contributed by atoms with E-state index in [1.807, 2.05) is 31.4 Å². The Morgan fingerprint density at radius 2 is 1.63 bits per heavy atom. The van der Waals surface area contributed by atoms with Crippen molar-refractivity contribution in [1.82, 2.24) is 0 Å². The third-order valence-electron chi connectivity index (χ3n) is 4.41. The number of aliphatic hydroxyl groups excluding tert-OH is 1. The fourth-order valence-electron chi connectivity index (χ4n) is 2.65. The van der Waals surface area contributed by atoms with E-state index in [-0.39, 0.29) is 5.56 Å². The minimum atomic E-state index is -2.01. The minimum absolute atomic E-state index is 0.102. The average Bonchev–Trinajstić information content (AvgIpc) is 2.90. The second-order valence-electron chi connectivity index (χ2n) is 6.78. The summed E-state index contributed by atoms with van der Waals surface area (Å²) in [5.74, 6) is 3.09. The Kier molecular flexibility index (Phi) is 16.3. The van der Waals surface area contributed by atoms with Gasteiger partial charge in [-0.25, -0.2) is 17.6 Å². The molecule has 0 amide bonds. The van der Waals surface area contributed by atoms with Crippen LogP contribution in [0.4, 0.5) is 23.2 Å². The number of carbonyl (C=O) groups excluding carboxylic acids is 1. The molecule has 0 aromatic heterocycles. The minimum Gasteiger partial charge on any atom is -0.400 e. The van der Waals surface area contributed by atoms with Crippen LogP contribution in [-0.4, -0.2) is 29.7 Å². The van der Waals surface area contributed by atoms with Crippen LogP contribution in [0.25, 0.3) is 0 Å². The largest absolute Gasteiger partial charge is 0.400 e. The number of nitrogens with zero attached hydrogens (tertiary/aromatic N) is 1. The Morgan fingerprint density at radius 3 is 2.16 bits per heavy atom. The van der Waals surface area contributed by atoms with Gasteiger partial charge < -0.3 is 9.90 Å². The average molecular weight is 568 g/mol. The van der Waals surface area contributed by atoms with E-state index in [1.165, 1.54) is 19.1 Å². The topological polar surface area (TPSA) is 80.4 Å². The molecule has 38 heavy (non-hydrogen) atoms. The number of carbonyl (C=O) groups is 1. The monoisotopic (exact) mass is 567 g/mol. The number of nitro benzene ring substituents is 1. The highest BCUT2D eigenvalue weighted by Crippen LogP contribution is 2.24. The fraction of sp³-hybridized carbons (Fsp3) is 0.222. The summed E-state index contributed by atoms with van der Waals surface area (Å²) >= 11 is 1.59. The number of halogens is 4. The van der Waals surface area contributed by atoms with Crippen molar-refractivity contribution in [1.29, 1.82) is 0 Å². The van der Waals surface area contributed by atoms with Gasteiger partial charge in [-0.05, 0) is 38.7 Å². The van der Waals surface area contributed by atoms with Crippen LogP contribution in [0.1, 0.15) is 42.5 Å². The lowest BCUT2D eigenvalue weighted by Gasteiger charge is -2.05. The van der Waals surface area contributed by atoms with Crippen LogP contribution >= 0.6 is 21.0 Å². The van der Waals surface area contributed by atoms with E-state index in [0.29, 0.717) is 17.5 Å². The van der Waals surface area contributed by atoms with Crippen molar-refractivity contribution in [2.24, 2.45) is 0 Å². The molecule has 5 nitrogen and oxygen atoms in total. The van der Waals surface area contributed by atoms with Crippen LogP contribution in [0.5, 0.6) is 0 Å². The first-order chi connectivity index (χ1) is 18.0. The highest BCUT2D eigenvalue weighted by Gasteiger charge is 2.22. The number of aldehydes is 1. The molecule has 0 aliphatic carbocycles. The van der Waals surface area contributed by atoms with Crippen LogP contribution in [0.3, 0.4) is 0 Å². The smallest absolute Gasteiger partial charge is 0.286 e. The third-order valence-corrected chi connectivity index (χ3v) is 5.80. The summed E-state index contributed by atoms with van der Waals surface area (Å²) in [7, 11) is 2.75. The SMILES string of the molecule is C/C=C(\C=C/CC#Cc1cc([N+](=O)[O-])c(C#Cc2c(F)c(F)c(F)c(F)c2P)cc1C)SC.CC=O.CO. The van der Waals surface area contributed by atoms with Gasteiger partial charge in [-0.2, -0.15) is 0 Å². The van der Waals surface area contributed by atoms with Gasteiger partial charge in [0.05, 0.1) is 10.5 Å². The van der Waals surface area contributed by atoms with Crippen molar-refractivity contribution in [2.75, 3.05) is 13.4 Å². The predicted octanol–water partition coefficient (Wildman–Crippen LogP) is 5.74. The number of thioether (sulfide) groups is 1. The maximum Gasteiger partial charge on any atom is 0.286 e. The summed E-state index contributed by atoms with van der Waals surface area (Å²) in [6.45, 7) is 5.03. The molecule has 0 radical (unpaired) electrons. The zero-order chi connectivity index (χ0) is 29.4. The molecule has 0 saturated heterocycles. The van der Waals surface area contributed by atoms with Crippen LogP contribution in [0, 0.1) is 64.0 Å². The summed E-state index contributed by atoms with van der Waals surface area (Å²) in [5, 5.41) is 17.9. The van der Waals surface area contributed by atoms with Crippen LogP contribution in [-0.2, 0) is 4.79 Å². The standard InChI is InChI=1S/C24H18F4NO2PS.C2H4O.CH4O/c1-4-17(33-3)9-7-5-6-8-15-13-19(29(30)31)16(12-14(15)2)10-11-18-20(25)21(26)22(27)23(28)24(18)32;1-2-3;1-2/h4,7,9,12-13H,5,32H2,1-3H3;2H,1H3;2H,1H3/b9-7-,17-4+;;. The molecule has 0 fully saturated rings. The molecule has 0 spiro atoms. The normalized spacial score (nSPS) is 10.1. The Labute approximate surface area is 225 Å². The number of benzene rings is 2. The molecular weight excluding hydrogens is 541 g/mol. The first-order valence-corrected chi connectivity index (χ1v) is 12.5. The zero-order valence-electron chi connectivity index (χ0n) is 21.3. The van der Waals surface area contributed by atoms with Crippen molar-refractivity contribution in [3.05, 3.63) is 90.9 Å². The summed E-state index contributed by atoms with van der Waals surface area (Å²) in [5.41, 5.74) is -0.268. The summed E-state index contributed by atoms with van der Waals surface area (Å²) in [6, 6.07) is 2.62. The maximum absolute atomic E-state index is 14.0. The highest BCUT2D eigenvalue weighted by molar-refractivity contribution is 8.02. The van der Waals surface area contributed by atoms with Gasteiger partial charge in [-0.3, -0.25) is 10.1 Å². The molecule has 0 bridgehead atoms. The van der Waals surface area contributed by atoms with Gasteiger partial charge in [0.15, 0.2) is 23.3 Å². The first-order valence-electron chi connectivity index (χ1n) is 10.7. The van der Waals surface area contributed by atoms with Gasteiger partial charge in [-0.15, -0.1) is 21.0 Å². The molecule has 2 aromatic rings. The van der Waals surface area contributed by atoms with Gasteiger partial charge in [0, 0.05) is 35.4 Å². The van der Waals surface area contributed by atoms with Crippen LogP contribution in [0.15, 0.2) is 35.3 Å². The molecule has 1 atom stereocenters. The number of nitro groups is 1. The van der Waals surface area contributed by atoms with E-state index < -0.39 is 44.7 Å². The molecule has 0 aliphatic rings. The van der Waals surface area contributed by atoms with Crippen molar-refractivity contribution in [3.63, 3.8) is 0 Å². The van der Waals surface area contributed by atoms with Crippen molar-refractivity contribution in [2.45, 2.75) is 27.2 Å². The lowest BCUT2D eigenvalue weighted by molar-refractivity contribution is -0.385. The van der Waals surface area contributed by atoms with Gasteiger partial charge >= 0.3 is 0 Å². The molecule has 202 valence electrons. The summed E-state index contributed by atoms with van der Waals surface area (Å²) in [6.07, 6.45) is 8.90. The van der Waals surface area contributed by atoms with Crippen molar-refractivity contribution >= 4 is 38.3 Å². The third kappa shape index (κ3) is 9.79. The Morgan fingerprint density at radius 1 is 1.05 bits per heavy atom. The van der Waals surface area contributed by atoms with Gasteiger partial charge in [0.1, 0.15) is 11.8 Å². The van der Waals surface area contributed by atoms with E-state index in [4.69, 9.17) is 9.90 Å². The van der Waals surface area contributed by atoms with Crippen molar-refractivity contribution < 1.29 is 32.4 Å². The molecule has 0 aliphatic heterocycles. The molecule has 0 heterocycles. The first kappa shape index (κ1) is 34.6. The Hall–Kier alpha value is -3.43. The van der Waals surface area contributed by atoms with E-state index >= 15 is 0 Å². The van der Waals surface area contributed by atoms with E-state index in [1.54, 1.807) is 27.9 Å². The van der Waals surface area contributed by atoms with E-state index in [2.05, 4.69) is 23.7 Å². The molecule has 1 unspecified atom stereocenters. The van der Waals surface area contributed by atoms with E-state index in [0.717, 1.165) is 18.3 Å². The lowest BCUT2D eigenvalue weighted by atomic mass is 10.0. The lowest BCUT2D eigenvalue weighted by Crippen LogP contribution is -2.13. The molecule has 2 aromatic carbocycles.